The average molecular weight is 271 g/mol. The van der Waals surface area contributed by atoms with Crippen LogP contribution in [0.15, 0.2) is 22.7 Å². The molecule has 1 N–H and O–H groups in total. The second kappa shape index (κ2) is 4.14. The van der Waals surface area contributed by atoms with Crippen molar-refractivity contribution in [3.8, 4) is 5.75 Å². The van der Waals surface area contributed by atoms with Crippen LogP contribution in [-0.4, -0.2) is 17.8 Å². The van der Waals surface area contributed by atoms with Crippen LogP contribution in [0.3, 0.4) is 0 Å². The molecule has 0 atom stereocenters. The molecule has 1 aromatic carbocycles. The summed E-state index contributed by atoms with van der Waals surface area (Å²) in [4.78, 5) is 0. The number of ether oxygens (including phenoxy) is 1. The van der Waals surface area contributed by atoms with Gasteiger partial charge in [-0.25, -0.2) is 0 Å². The quantitative estimate of drug-likeness (QED) is 0.912. The number of halogens is 1. The second-order valence-corrected chi connectivity index (χ2v) is 5.04. The number of rotatable bonds is 4. The van der Waals surface area contributed by atoms with E-state index in [1.807, 2.05) is 18.2 Å². The van der Waals surface area contributed by atoms with Crippen molar-refractivity contribution in [3.63, 3.8) is 0 Å². The molecule has 1 aliphatic rings. The number of aliphatic hydroxyl groups is 1. The molecule has 2 nitrogen and oxygen atoms in total. The molecule has 0 unspecified atom stereocenters. The molecule has 1 aliphatic carbocycles. The maximum atomic E-state index is 9.76. The first-order valence-corrected chi connectivity index (χ1v) is 5.97. The van der Waals surface area contributed by atoms with Crippen molar-refractivity contribution >= 4 is 15.9 Å². The third-order valence-electron chi connectivity index (χ3n) is 2.94. The average Bonchev–Trinajstić information content (AvgIpc) is 2.96. The minimum Gasteiger partial charge on any atom is -0.497 e. The third-order valence-corrected chi connectivity index (χ3v) is 3.71. The monoisotopic (exact) mass is 270 g/mol. The standard InChI is InChI=1S/C12H15BrO2/c1-15-10-2-3-11(13)9(8-10)4-5-12(14)6-7-12/h2-3,8,14H,4-7H2,1H3. The minimum absolute atomic E-state index is 0.373. The molecular weight excluding hydrogens is 256 g/mol. The molecule has 0 radical (unpaired) electrons. The van der Waals surface area contributed by atoms with Crippen LogP contribution in [0, 0.1) is 0 Å². The van der Waals surface area contributed by atoms with Gasteiger partial charge in [-0.15, -0.1) is 0 Å². The Labute approximate surface area is 98.4 Å². The summed E-state index contributed by atoms with van der Waals surface area (Å²) < 4.78 is 6.26. The predicted molar refractivity (Wildman–Crippen MR) is 63.2 cm³/mol. The van der Waals surface area contributed by atoms with Crippen LogP contribution >= 0.6 is 15.9 Å². The van der Waals surface area contributed by atoms with Crippen molar-refractivity contribution in [2.24, 2.45) is 0 Å². The Morgan fingerprint density at radius 2 is 2.20 bits per heavy atom. The molecule has 0 amide bonds. The van der Waals surface area contributed by atoms with E-state index in [0.717, 1.165) is 35.9 Å². The molecule has 0 spiro atoms. The van der Waals surface area contributed by atoms with Gasteiger partial charge in [-0.2, -0.15) is 0 Å². The highest BCUT2D eigenvalue weighted by Gasteiger charge is 2.39. The fraction of sp³-hybridized carbons (Fsp3) is 0.500. The highest BCUT2D eigenvalue weighted by Crippen LogP contribution is 2.40. The van der Waals surface area contributed by atoms with E-state index < -0.39 is 0 Å². The summed E-state index contributed by atoms with van der Waals surface area (Å²) in [5.74, 6) is 0.871. The summed E-state index contributed by atoms with van der Waals surface area (Å²) in [6, 6.07) is 5.94. The van der Waals surface area contributed by atoms with Crippen molar-refractivity contribution in [1.29, 1.82) is 0 Å². The highest BCUT2D eigenvalue weighted by molar-refractivity contribution is 9.10. The van der Waals surface area contributed by atoms with E-state index in [1.54, 1.807) is 7.11 Å². The number of aryl methyl sites for hydroxylation is 1. The van der Waals surface area contributed by atoms with Gasteiger partial charge in [-0.05, 0) is 49.4 Å². The van der Waals surface area contributed by atoms with Crippen LogP contribution in [0.4, 0.5) is 0 Å². The molecular formula is C12H15BrO2. The van der Waals surface area contributed by atoms with E-state index in [4.69, 9.17) is 4.74 Å². The fourth-order valence-electron chi connectivity index (χ4n) is 1.63. The van der Waals surface area contributed by atoms with E-state index in [2.05, 4.69) is 15.9 Å². The van der Waals surface area contributed by atoms with Crippen molar-refractivity contribution in [2.75, 3.05) is 7.11 Å². The van der Waals surface area contributed by atoms with Crippen molar-refractivity contribution in [2.45, 2.75) is 31.3 Å². The normalized spacial score (nSPS) is 17.5. The van der Waals surface area contributed by atoms with Gasteiger partial charge >= 0.3 is 0 Å². The highest BCUT2D eigenvalue weighted by atomic mass is 79.9. The molecule has 0 aromatic heterocycles. The molecule has 82 valence electrons. The summed E-state index contributed by atoms with van der Waals surface area (Å²) in [7, 11) is 1.67. The smallest absolute Gasteiger partial charge is 0.119 e. The van der Waals surface area contributed by atoms with E-state index in [1.165, 1.54) is 5.56 Å². The molecule has 15 heavy (non-hydrogen) atoms. The van der Waals surface area contributed by atoms with Gasteiger partial charge in [-0.1, -0.05) is 15.9 Å². The zero-order valence-electron chi connectivity index (χ0n) is 8.79. The number of hydrogen-bond donors (Lipinski definition) is 1. The SMILES string of the molecule is COc1ccc(Br)c(CCC2(O)CC2)c1. The van der Waals surface area contributed by atoms with Crippen LogP contribution < -0.4 is 4.74 Å². The Balaban J connectivity index is 2.05. The molecule has 1 fully saturated rings. The topological polar surface area (TPSA) is 29.5 Å². The van der Waals surface area contributed by atoms with Gasteiger partial charge in [0, 0.05) is 4.47 Å². The Hall–Kier alpha value is -0.540. The Kier molecular flexibility index (Phi) is 3.03. The van der Waals surface area contributed by atoms with Gasteiger partial charge in [-0.3, -0.25) is 0 Å². The largest absolute Gasteiger partial charge is 0.497 e. The van der Waals surface area contributed by atoms with Crippen molar-refractivity contribution in [1.82, 2.24) is 0 Å². The lowest BCUT2D eigenvalue weighted by Crippen LogP contribution is -2.08. The van der Waals surface area contributed by atoms with Gasteiger partial charge in [0.1, 0.15) is 5.75 Å². The van der Waals surface area contributed by atoms with Crippen LogP contribution in [0.5, 0.6) is 5.75 Å². The predicted octanol–water partition coefficient (Wildman–Crippen LogP) is 2.92. The van der Waals surface area contributed by atoms with Crippen molar-refractivity contribution in [3.05, 3.63) is 28.2 Å². The third kappa shape index (κ3) is 2.73. The Morgan fingerprint density at radius 3 is 2.80 bits per heavy atom. The van der Waals surface area contributed by atoms with Gasteiger partial charge < -0.3 is 9.84 Å². The van der Waals surface area contributed by atoms with Crippen LogP contribution in [0.1, 0.15) is 24.8 Å². The Bertz CT molecular complexity index is 359. The van der Waals surface area contributed by atoms with Crippen molar-refractivity contribution < 1.29 is 9.84 Å². The number of benzene rings is 1. The Morgan fingerprint density at radius 1 is 1.47 bits per heavy atom. The summed E-state index contributed by atoms with van der Waals surface area (Å²) in [6.45, 7) is 0. The molecule has 2 rings (SSSR count). The molecule has 0 bridgehead atoms. The molecule has 1 aromatic rings. The maximum Gasteiger partial charge on any atom is 0.119 e. The van der Waals surface area contributed by atoms with Crippen LogP contribution in [-0.2, 0) is 6.42 Å². The lowest BCUT2D eigenvalue weighted by atomic mass is 10.1. The first-order chi connectivity index (χ1) is 7.13. The molecule has 1 saturated carbocycles. The van der Waals surface area contributed by atoms with Crippen LogP contribution in [0.25, 0.3) is 0 Å². The minimum atomic E-state index is -0.373. The first-order valence-electron chi connectivity index (χ1n) is 5.18. The molecule has 0 aliphatic heterocycles. The van der Waals surface area contributed by atoms with Gasteiger partial charge in [0.05, 0.1) is 12.7 Å². The number of methoxy groups -OCH3 is 1. The second-order valence-electron chi connectivity index (χ2n) is 4.18. The molecule has 0 heterocycles. The van der Waals surface area contributed by atoms with Gasteiger partial charge in [0.15, 0.2) is 0 Å². The summed E-state index contributed by atoms with van der Waals surface area (Å²) >= 11 is 3.51. The van der Waals surface area contributed by atoms with Gasteiger partial charge in [0.2, 0.25) is 0 Å². The summed E-state index contributed by atoms with van der Waals surface area (Å²) in [6.07, 6.45) is 3.65. The summed E-state index contributed by atoms with van der Waals surface area (Å²) in [5.41, 5.74) is 0.831. The zero-order valence-corrected chi connectivity index (χ0v) is 10.4. The van der Waals surface area contributed by atoms with E-state index in [0.29, 0.717) is 0 Å². The first kappa shape index (κ1) is 11.0. The van der Waals surface area contributed by atoms with E-state index in [-0.39, 0.29) is 5.60 Å². The lowest BCUT2D eigenvalue weighted by molar-refractivity contribution is 0.140. The molecule has 3 heteroatoms. The zero-order chi connectivity index (χ0) is 10.9. The summed E-state index contributed by atoms with van der Waals surface area (Å²) in [5, 5.41) is 9.76. The van der Waals surface area contributed by atoms with Gasteiger partial charge in [0.25, 0.3) is 0 Å². The van der Waals surface area contributed by atoms with E-state index >= 15 is 0 Å². The fourth-order valence-corrected chi connectivity index (χ4v) is 2.08. The lowest BCUT2D eigenvalue weighted by Gasteiger charge is -2.10. The molecule has 0 saturated heterocycles. The van der Waals surface area contributed by atoms with E-state index in [9.17, 15) is 5.11 Å². The van der Waals surface area contributed by atoms with Crippen LogP contribution in [0.2, 0.25) is 0 Å². The maximum absolute atomic E-state index is 9.76. The number of hydrogen-bond acceptors (Lipinski definition) is 2.